The lowest BCUT2D eigenvalue weighted by molar-refractivity contribution is -0.385. The second kappa shape index (κ2) is 7.58. The Labute approximate surface area is 156 Å². The number of rotatable bonds is 6. The van der Waals surface area contributed by atoms with Gasteiger partial charge in [0.1, 0.15) is 17.3 Å². The summed E-state index contributed by atoms with van der Waals surface area (Å²) < 4.78 is 36.9. The Kier molecular flexibility index (Phi) is 5.22. The van der Waals surface area contributed by atoms with Gasteiger partial charge in [-0.25, -0.2) is 8.78 Å². The van der Waals surface area contributed by atoms with Crippen LogP contribution in [0.1, 0.15) is 5.69 Å². The molecule has 0 radical (unpaired) electrons. The van der Waals surface area contributed by atoms with E-state index in [-0.39, 0.29) is 34.3 Å². The molecule has 0 spiro atoms. The first kappa shape index (κ1) is 18.6. The molecule has 7 nitrogen and oxygen atoms in total. The van der Waals surface area contributed by atoms with Crippen molar-refractivity contribution in [2.24, 2.45) is 0 Å². The molecule has 0 saturated heterocycles. The molecule has 0 unspecified atom stereocenters. The molecule has 1 N–H and O–H groups in total. The van der Waals surface area contributed by atoms with Gasteiger partial charge in [-0.1, -0.05) is 16.8 Å². The number of nitro benzene ring substituents is 1. The summed E-state index contributed by atoms with van der Waals surface area (Å²) in [6.45, 7) is 0.146. The van der Waals surface area contributed by atoms with Crippen LogP contribution in [0.4, 0.5) is 20.2 Å². The number of hydrogen-bond acceptors (Lipinski definition) is 6. The van der Waals surface area contributed by atoms with Gasteiger partial charge in [-0.05, 0) is 12.1 Å². The van der Waals surface area contributed by atoms with Gasteiger partial charge in [0, 0.05) is 24.3 Å². The molecular formula is C17H12ClF2N3O4. The number of nitrogens with one attached hydrogen (secondary N) is 1. The normalized spacial score (nSPS) is 10.7. The van der Waals surface area contributed by atoms with Crippen molar-refractivity contribution in [1.82, 2.24) is 5.16 Å². The lowest BCUT2D eigenvalue weighted by Gasteiger charge is -2.09. The highest BCUT2D eigenvalue weighted by atomic mass is 35.5. The summed E-state index contributed by atoms with van der Waals surface area (Å²) in [6.07, 6.45) is 0. The van der Waals surface area contributed by atoms with E-state index in [0.29, 0.717) is 11.4 Å². The first-order valence-electron chi connectivity index (χ1n) is 7.56. The quantitative estimate of drug-likeness (QED) is 0.476. The second-order valence-corrected chi connectivity index (χ2v) is 5.83. The van der Waals surface area contributed by atoms with Crippen molar-refractivity contribution < 1.29 is 23.0 Å². The molecule has 1 heterocycles. The standard InChI is InChI=1S/C17H12ClF2N3O4/c1-26-17-7-14(12(18)6-15(17)23(24)25)21-8-10-5-16(27-22-10)11-3-2-9(19)4-13(11)20/h2-7,21H,8H2,1H3. The van der Waals surface area contributed by atoms with E-state index >= 15 is 0 Å². The lowest BCUT2D eigenvalue weighted by atomic mass is 10.1. The zero-order valence-electron chi connectivity index (χ0n) is 13.8. The number of methoxy groups -OCH3 is 1. The Balaban J connectivity index is 1.78. The van der Waals surface area contributed by atoms with Crippen LogP contribution in [0.2, 0.25) is 5.02 Å². The minimum absolute atomic E-state index is 0.0427. The summed E-state index contributed by atoms with van der Waals surface area (Å²) in [6, 6.07) is 7.16. The van der Waals surface area contributed by atoms with E-state index < -0.39 is 16.6 Å². The second-order valence-electron chi connectivity index (χ2n) is 5.42. The molecule has 3 aromatic rings. The molecule has 0 aliphatic rings. The van der Waals surface area contributed by atoms with Crippen LogP contribution in [0.25, 0.3) is 11.3 Å². The minimum Gasteiger partial charge on any atom is -0.490 e. The summed E-state index contributed by atoms with van der Waals surface area (Å²) in [7, 11) is 1.31. The molecule has 0 amide bonds. The van der Waals surface area contributed by atoms with Crippen molar-refractivity contribution in [1.29, 1.82) is 0 Å². The van der Waals surface area contributed by atoms with Crippen molar-refractivity contribution >= 4 is 23.0 Å². The number of halogens is 3. The summed E-state index contributed by atoms with van der Waals surface area (Å²) in [4.78, 5) is 10.4. The molecule has 10 heteroatoms. The van der Waals surface area contributed by atoms with Crippen LogP contribution >= 0.6 is 11.6 Å². The molecule has 3 rings (SSSR count). The van der Waals surface area contributed by atoms with Crippen LogP contribution in [0.5, 0.6) is 5.75 Å². The molecule has 27 heavy (non-hydrogen) atoms. The average Bonchev–Trinajstić information content (AvgIpc) is 3.09. The van der Waals surface area contributed by atoms with Gasteiger partial charge in [0.2, 0.25) is 0 Å². The van der Waals surface area contributed by atoms with Crippen LogP contribution in [0.15, 0.2) is 40.9 Å². The van der Waals surface area contributed by atoms with E-state index in [9.17, 15) is 18.9 Å². The number of nitro groups is 1. The van der Waals surface area contributed by atoms with Crippen LogP contribution in [-0.4, -0.2) is 17.2 Å². The van der Waals surface area contributed by atoms with E-state index in [1.165, 1.54) is 31.4 Å². The van der Waals surface area contributed by atoms with Crippen molar-refractivity contribution in [3.05, 3.63) is 68.9 Å². The van der Waals surface area contributed by atoms with Gasteiger partial charge >= 0.3 is 5.69 Å². The van der Waals surface area contributed by atoms with E-state index in [0.717, 1.165) is 12.1 Å². The number of nitrogens with zero attached hydrogens (tertiary/aromatic N) is 2. The predicted octanol–water partition coefficient (Wildman–Crippen LogP) is 4.80. The third kappa shape index (κ3) is 3.98. The monoisotopic (exact) mass is 395 g/mol. The van der Waals surface area contributed by atoms with Crippen molar-refractivity contribution in [2.75, 3.05) is 12.4 Å². The highest BCUT2D eigenvalue weighted by molar-refractivity contribution is 6.33. The maximum absolute atomic E-state index is 13.8. The summed E-state index contributed by atoms with van der Waals surface area (Å²) >= 11 is 6.05. The van der Waals surface area contributed by atoms with Crippen molar-refractivity contribution in [3.8, 4) is 17.1 Å². The van der Waals surface area contributed by atoms with Crippen LogP contribution in [0, 0.1) is 21.7 Å². The number of hydrogen-bond donors (Lipinski definition) is 1. The zero-order chi connectivity index (χ0) is 19.6. The summed E-state index contributed by atoms with van der Waals surface area (Å²) in [5.41, 5.74) is 0.618. The first-order valence-corrected chi connectivity index (χ1v) is 7.93. The van der Waals surface area contributed by atoms with E-state index in [1.807, 2.05) is 0 Å². The van der Waals surface area contributed by atoms with E-state index in [1.54, 1.807) is 0 Å². The highest BCUT2D eigenvalue weighted by Crippen LogP contribution is 2.36. The zero-order valence-corrected chi connectivity index (χ0v) is 14.6. The molecule has 0 bridgehead atoms. The molecule has 0 atom stereocenters. The minimum atomic E-state index is -0.770. The smallest absolute Gasteiger partial charge is 0.312 e. The molecule has 140 valence electrons. The fraction of sp³-hybridized carbons (Fsp3) is 0.118. The fourth-order valence-corrected chi connectivity index (χ4v) is 2.61. The lowest BCUT2D eigenvalue weighted by Crippen LogP contribution is -2.02. The van der Waals surface area contributed by atoms with Crippen LogP contribution in [-0.2, 0) is 6.54 Å². The van der Waals surface area contributed by atoms with Crippen molar-refractivity contribution in [3.63, 3.8) is 0 Å². The van der Waals surface area contributed by atoms with Crippen molar-refractivity contribution in [2.45, 2.75) is 6.54 Å². The topological polar surface area (TPSA) is 90.4 Å². The van der Waals surface area contributed by atoms with Crippen LogP contribution < -0.4 is 10.1 Å². The number of anilines is 1. The Hall–Kier alpha value is -3.20. The van der Waals surface area contributed by atoms with Gasteiger partial charge < -0.3 is 14.6 Å². The van der Waals surface area contributed by atoms with Crippen LogP contribution in [0.3, 0.4) is 0 Å². The van der Waals surface area contributed by atoms with Gasteiger partial charge in [0.25, 0.3) is 0 Å². The third-order valence-corrected chi connectivity index (χ3v) is 3.99. The maximum atomic E-state index is 13.8. The van der Waals surface area contributed by atoms with Gasteiger partial charge in [-0.15, -0.1) is 0 Å². The third-order valence-electron chi connectivity index (χ3n) is 3.68. The Bertz CT molecular complexity index is 1010. The fourth-order valence-electron chi connectivity index (χ4n) is 2.38. The number of ether oxygens (including phenoxy) is 1. The summed E-state index contributed by atoms with van der Waals surface area (Å²) in [5.74, 6) is -1.29. The molecule has 0 saturated carbocycles. The first-order chi connectivity index (χ1) is 12.9. The van der Waals surface area contributed by atoms with Gasteiger partial charge in [0.05, 0.1) is 34.9 Å². The Morgan fingerprint density at radius 1 is 1.30 bits per heavy atom. The number of aromatic nitrogens is 1. The Morgan fingerprint density at radius 2 is 2.07 bits per heavy atom. The maximum Gasteiger partial charge on any atom is 0.312 e. The molecule has 2 aromatic carbocycles. The average molecular weight is 396 g/mol. The SMILES string of the molecule is COc1cc(NCc2cc(-c3ccc(F)cc3F)on2)c(Cl)cc1[N+](=O)[O-]. The van der Waals surface area contributed by atoms with Gasteiger partial charge in [-0.3, -0.25) is 10.1 Å². The van der Waals surface area contributed by atoms with E-state index in [4.69, 9.17) is 20.9 Å². The number of benzene rings is 2. The molecule has 1 aromatic heterocycles. The molecule has 0 fully saturated rings. The molecular weight excluding hydrogens is 384 g/mol. The van der Waals surface area contributed by atoms with Gasteiger partial charge in [0.15, 0.2) is 11.5 Å². The van der Waals surface area contributed by atoms with Gasteiger partial charge in [-0.2, -0.15) is 0 Å². The largest absolute Gasteiger partial charge is 0.490 e. The molecule has 0 aliphatic heterocycles. The highest BCUT2D eigenvalue weighted by Gasteiger charge is 2.19. The molecule has 0 aliphatic carbocycles. The van der Waals surface area contributed by atoms with E-state index in [2.05, 4.69) is 10.5 Å². The Morgan fingerprint density at radius 3 is 2.74 bits per heavy atom. The summed E-state index contributed by atoms with van der Waals surface area (Å²) in [5, 5.41) is 17.9. The predicted molar refractivity (Wildman–Crippen MR) is 93.8 cm³/mol.